The van der Waals surface area contributed by atoms with Gasteiger partial charge in [-0.05, 0) is 17.7 Å². The van der Waals surface area contributed by atoms with E-state index >= 15 is 0 Å². The predicted molar refractivity (Wildman–Crippen MR) is 65.2 cm³/mol. The molecule has 0 saturated carbocycles. The summed E-state index contributed by atoms with van der Waals surface area (Å²) in [6.07, 6.45) is 0. The van der Waals surface area contributed by atoms with Crippen LogP contribution in [0.3, 0.4) is 0 Å². The first kappa shape index (κ1) is 12.2. The first-order valence-electron chi connectivity index (χ1n) is 4.81. The van der Waals surface area contributed by atoms with Gasteiger partial charge >= 0.3 is 0 Å². The van der Waals surface area contributed by atoms with Crippen molar-refractivity contribution in [2.45, 2.75) is 17.9 Å². The van der Waals surface area contributed by atoms with Crippen molar-refractivity contribution in [3.63, 3.8) is 0 Å². The molecule has 1 atom stereocenters. The Bertz CT molecular complexity index is 317. The topological polar surface area (TPSA) is 55.5 Å². The fraction of sp³-hybridized carbons (Fsp3) is 0.455. The lowest BCUT2D eigenvalue weighted by Crippen LogP contribution is -2.02. The molecule has 1 unspecified atom stereocenters. The van der Waals surface area contributed by atoms with Crippen LogP contribution < -0.4 is 10.5 Å². The van der Waals surface area contributed by atoms with Crippen molar-refractivity contribution in [1.29, 1.82) is 0 Å². The van der Waals surface area contributed by atoms with Gasteiger partial charge in [-0.25, -0.2) is 0 Å². The lowest BCUT2D eigenvalue weighted by molar-refractivity contribution is 0.300. The molecule has 3 N–H and O–H groups in total. The Kier molecular flexibility index (Phi) is 4.78. The summed E-state index contributed by atoms with van der Waals surface area (Å²) in [5, 5.41) is 9.15. The van der Waals surface area contributed by atoms with Crippen molar-refractivity contribution in [3.05, 3.63) is 23.8 Å². The van der Waals surface area contributed by atoms with Crippen LogP contribution in [0.1, 0.15) is 12.5 Å². The maximum Gasteiger partial charge on any atom is 0.121 e. The molecule has 1 aromatic rings. The van der Waals surface area contributed by atoms with Crippen molar-refractivity contribution < 1.29 is 9.84 Å². The second-order valence-corrected chi connectivity index (χ2v) is 4.85. The molecule has 0 aliphatic rings. The molecule has 0 saturated heterocycles. The third kappa shape index (κ3) is 4.01. The largest absolute Gasteiger partial charge is 0.497 e. The van der Waals surface area contributed by atoms with Crippen LogP contribution in [0, 0.1) is 0 Å². The minimum atomic E-state index is 0.199. The van der Waals surface area contributed by atoms with Crippen LogP contribution in [-0.4, -0.2) is 24.1 Å². The van der Waals surface area contributed by atoms with Gasteiger partial charge in [0.2, 0.25) is 0 Å². The average molecular weight is 227 g/mol. The molecule has 0 aliphatic heterocycles. The number of benzene rings is 1. The second-order valence-electron chi connectivity index (χ2n) is 3.42. The van der Waals surface area contributed by atoms with E-state index in [1.807, 2.05) is 19.1 Å². The fourth-order valence-electron chi connectivity index (χ4n) is 1.18. The Balaban J connectivity index is 2.64. The van der Waals surface area contributed by atoms with Crippen molar-refractivity contribution in [1.82, 2.24) is 0 Å². The highest BCUT2D eigenvalue weighted by Gasteiger charge is 2.03. The number of nitrogens with two attached hydrogens (primary N) is 1. The van der Waals surface area contributed by atoms with Gasteiger partial charge in [-0.1, -0.05) is 6.92 Å². The van der Waals surface area contributed by atoms with E-state index in [1.54, 1.807) is 24.9 Å². The lowest BCUT2D eigenvalue weighted by Gasteiger charge is -2.09. The van der Waals surface area contributed by atoms with Gasteiger partial charge < -0.3 is 15.6 Å². The van der Waals surface area contributed by atoms with E-state index in [9.17, 15) is 0 Å². The fourth-order valence-corrected chi connectivity index (χ4v) is 1.93. The summed E-state index contributed by atoms with van der Waals surface area (Å²) in [6, 6.07) is 5.69. The zero-order valence-electron chi connectivity index (χ0n) is 9.06. The molecule has 0 spiro atoms. The Hall–Kier alpha value is -0.870. The maximum absolute atomic E-state index is 8.90. The third-order valence-corrected chi connectivity index (χ3v) is 3.23. The Morgan fingerprint density at radius 2 is 2.20 bits per heavy atom. The van der Waals surface area contributed by atoms with Crippen LogP contribution in [-0.2, 0) is 5.75 Å². The predicted octanol–water partition coefficient (Wildman–Crippen LogP) is 1.89. The normalized spacial score (nSPS) is 12.5. The van der Waals surface area contributed by atoms with Gasteiger partial charge in [-0.15, -0.1) is 0 Å². The minimum absolute atomic E-state index is 0.199. The summed E-state index contributed by atoms with van der Waals surface area (Å²) in [4.78, 5) is 0. The molecular formula is C11H17NO2S. The molecule has 1 rings (SSSR count). The monoisotopic (exact) mass is 227 g/mol. The molecule has 15 heavy (non-hydrogen) atoms. The molecular weight excluding hydrogens is 210 g/mol. The highest BCUT2D eigenvalue weighted by Crippen LogP contribution is 2.23. The standard InChI is InChI=1S/C11H17NO2S/c1-8(6-13)15-7-9-3-10(12)5-11(4-9)14-2/h3-5,8,13H,6-7,12H2,1-2H3. The van der Waals surface area contributed by atoms with Gasteiger partial charge in [0, 0.05) is 22.8 Å². The number of thioether (sulfide) groups is 1. The van der Waals surface area contributed by atoms with E-state index in [2.05, 4.69) is 0 Å². The Labute approximate surface area is 94.6 Å². The van der Waals surface area contributed by atoms with Crippen LogP contribution in [0.25, 0.3) is 0 Å². The first-order chi connectivity index (χ1) is 7.15. The molecule has 0 radical (unpaired) electrons. The van der Waals surface area contributed by atoms with Crippen LogP contribution in [0.15, 0.2) is 18.2 Å². The smallest absolute Gasteiger partial charge is 0.121 e. The van der Waals surface area contributed by atoms with Gasteiger partial charge in [-0.2, -0.15) is 11.8 Å². The van der Waals surface area contributed by atoms with E-state index in [0.29, 0.717) is 5.69 Å². The summed E-state index contributed by atoms with van der Waals surface area (Å²) in [6.45, 7) is 2.19. The molecule has 0 aromatic heterocycles. The van der Waals surface area contributed by atoms with E-state index < -0.39 is 0 Å². The van der Waals surface area contributed by atoms with Crippen molar-refractivity contribution in [2.75, 3.05) is 19.5 Å². The van der Waals surface area contributed by atoms with Crippen molar-refractivity contribution in [2.24, 2.45) is 0 Å². The van der Waals surface area contributed by atoms with E-state index in [0.717, 1.165) is 17.1 Å². The number of hydrogen-bond acceptors (Lipinski definition) is 4. The quantitative estimate of drug-likeness (QED) is 0.754. The zero-order chi connectivity index (χ0) is 11.3. The summed E-state index contributed by atoms with van der Waals surface area (Å²) in [5.74, 6) is 1.62. The van der Waals surface area contributed by atoms with Crippen molar-refractivity contribution >= 4 is 17.4 Å². The van der Waals surface area contributed by atoms with Crippen LogP contribution in [0.4, 0.5) is 5.69 Å². The number of hydrogen-bond donors (Lipinski definition) is 2. The van der Waals surface area contributed by atoms with Gasteiger partial charge in [0.05, 0.1) is 13.7 Å². The Morgan fingerprint density at radius 1 is 1.47 bits per heavy atom. The molecule has 1 aromatic carbocycles. The molecule has 4 heteroatoms. The summed E-state index contributed by atoms with van der Waals surface area (Å²) < 4.78 is 5.13. The lowest BCUT2D eigenvalue weighted by atomic mass is 10.2. The first-order valence-corrected chi connectivity index (χ1v) is 5.86. The number of methoxy groups -OCH3 is 1. The SMILES string of the molecule is COc1cc(N)cc(CSC(C)CO)c1. The van der Waals surface area contributed by atoms with E-state index in [4.69, 9.17) is 15.6 Å². The van der Waals surface area contributed by atoms with Gasteiger partial charge in [0.25, 0.3) is 0 Å². The highest BCUT2D eigenvalue weighted by molar-refractivity contribution is 7.99. The van der Waals surface area contributed by atoms with Gasteiger partial charge in [0.1, 0.15) is 5.75 Å². The zero-order valence-corrected chi connectivity index (χ0v) is 9.88. The number of aliphatic hydroxyl groups is 1. The molecule has 3 nitrogen and oxygen atoms in total. The van der Waals surface area contributed by atoms with Gasteiger partial charge in [0.15, 0.2) is 0 Å². The summed E-state index contributed by atoms with van der Waals surface area (Å²) >= 11 is 1.70. The molecule has 84 valence electrons. The third-order valence-electron chi connectivity index (χ3n) is 2.02. The Morgan fingerprint density at radius 3 is 2.80 bits per heavy atom. The van der Waals surface area contributed by atoms with Crippen LogP contribution >= 0.6 is 11.8 Å². The number of rotatable bonds is 5. The molecule has 0 heterocycles. The molecule has 0 bridgehead atoms. The van der Waals surface area contributed by atoms with Gasteiger partial charge in [-0.3, -0.25) is 0 Å². The second kappa shape index (κ2) is 5.88. The number of ether oxygens (including phenoxy) is 1. The minimum Gasteiger partial charge on any atom is -0.497 e. The summed E-state index contributed by atoms with van der Waals surface area (Å²) in [5.41, 5.74) is 7.57. The number of aliphatic hydroxyl groups excluding tert-OH is 1. The molecule has 0 aliphatic carbocycles. The maximum atomic E-state index is 8.90. The summed E-state index contributed by atoms with van der Waals surface area (Å²) in [7, 11) is 1.63. The highest BCUT2D eigenvalue weighted by atomic mass is 32.2. The van der Waals surface area contributed by atoms with E-state index in [-0.39, 0.29) is 11.9 Å². The molecule has 0 fully saturated rings. The number of anilines is 1. The van der Waals surface area contributed by atoms with Crippen molar-refractivity contribution in [3.8, 4) is 5.75 Å². The van der Waals surface area contributed by atoms with E-state index in [1.165, 1.54) is 0 Å². The average Bonchev–Trinajstić information content (AvgIpc) is 2.25. The van der Waals surface area contributed by atoms with Crippen LogP contribution in [0.2, 0.25) is 0 Å². The number of nitrogen functional groups attached to an aromatic ring is 1. The molecule has 0 amide bonds. The van der Waals surface area contributed by atoms with Crippen LogP contribution in [0.5, 0.6) is 5.75 Å².